The highest BCUT2D eigenvalue weighted by atomic mass is 35.5. The fourth-order valence-electron chi connectivity index (χ4n) is 3.71. The number of imide groups is 2. The fraction of sp³-hybridized carbons (Fsp3) is 0.227. The maximum Gasteiger partial charge on any atom is 0.335 e. The molecule has 154 valence electrons. The molecule has 2 heterocycles. The minimum Gasteiger partial charge on any atom is -0.371 e. The standard InChI is InChI=1S/C22H19ClFN3O3/c23-9-1-10-26-11-8-15-12-14(2-7-19(15)26)13-18-20(28)25-22(30)27(21(18)29)17-5-3-16(24)4-6-17/h2-7,12-13H,1,8-11H2,(H,25,28,30)/b18-13+. The van der Waals surface area contributed by atoms with Crippen molar-refractivity contribution in [3.63, 3.8) is 0 Å². The zero-order valence-corrected chi connectivity index (χ0v) is 16.8. The van der Waals surface area contributed by atoms with E-state index >= 15 is 0 Å². The lowest BCUT2D eigenvalue weighted by molar-refractivity contribution is -0.122. The lowest BCUT2D eigenvalue weighted by atomic mass is 10.0. The van der Waals surface area contributed by atoms with Crippen LogP contribution in [-0.4, -0.2) is 36.8 Å². The van der Waals surface area contributed by atoms with Gasteiger partial charge in [-0.3, -0.25) is 14.9 Å². The lowest BCUT2D eigenvalue weighted by Gasteiger charge is -2.26. The summed E-state index contributed by atoms with van der Waals surface area (Å²) in [6.07, 6.45) is 3.24. The molecule has 1 saturated heterocycles. The number of anilines is 2. The topological polar surface area (TPSA) is 69.7 Å². The number of carbonyl (C=O) groups is 3. The van der Waals surface area contributed by atoms with Gasteiger partial charge in [0.25, 0.3) is 11.8 Å². The smallest absolute Gasteiger partial charge is 0.335 e. The van der Waals surface area contributed by atoms with Gasteiger partial charge in [0.2, 0.25) is 0 Å². The van der Waals surface area contributed by atoms with Crippen molar-refractivity contribution < 1.29 is 18.8 Å². The summed E-state index contributed by atoms with van der Waals surface area (Å²) in [6, 6.07) is 9.80. The number of alkyl halides is 1. The molecular formula is C22H19ClFN3O3. The van der Waals surface area contributed by atoms with Crippen LogP contribution in [0.2, 0.25) is 0 Å². The Labute approximate surface area is 177 Å². The molecular weight excluding hydrogens is 409 g/mol. The van der Waals surface area contributed by atoms with Gasteiger partial charge in [0.1, 0.15) is 11.4 Å². The van der Waals surface area contributed by atoms with Crippen molar-refractivity contribution in [2.24, 2.45) is 0 Å². The van der Waals surface area contributed by atoms with Crippen molar-refractivity contribution in [2.45, 2.75) is 12.8 Å². The van der Waals surface area contributed by atoms with Crippen molar-refractivity contribution in [3.8, 4) is 0 Å². The molecule has 2 aliphatic rings. The minimum absolute atomic E-state index is 0.157. The number of hydrogen-bond donors (Lipinski definition) is 1. The van der Waals surface area contributed by atoms with E-state index in [1.165, 1.54) is 18.2 Å². The van der Waals surface area contributed by atoms with Gasteiger partial charge in [0.05, 0.1) is 5.69 Å². The average Bonchev–Trinajstić information content (AvgIpc) is 3.13. The van der Waals surface area contributed by atoms with Gasteiger partial charge < -0.3 is 4.90 Å². The van der Waals surface area contributed by atoms with E-state index in [-0.39, 0.29) is 11.3 Å². The largest absolute Gasteiger partial charge is 0.371 e. The Morgan fingerprint density at radius 1 is 1.10 bits per heavy atom. The normalized spacial score (nSPS) is 17.5. The molecule has 6 nitrogen and oxygen atoms in total. The molecule has 0 spiro atoms. The zero-order chi connectivity index (χ0) is 21.3. The van der Waals surface area contributed by atoms with E-state index in [4.69, 9.17) is 11.6 Å². The van der Waals surface area contributed by atoms with Crippen LogP contribution in [-0.2, 0) is 16.0 Å². The van der Waals surface area contributed by atoms with Crippen LogP contribution in [0.5, 0.6) is 0 Å². The third kappa shape index (κ3) is 3.80. The lowest BCUT2D eigenvalue weighted by Crippen LogP contribution is -2.54. The summed E-state index contributed by atoms with van der Waals surface area (Å²) < 4.78 is 13.2. The van der Waals surface area contributed by atoms with Crippen LogP contribution in [0.25, 0.3) is 6.08 Å². The molecule has 0 aliphatic carbocycles. The first-order valence-electron chi connectivity index (χ1n) is 9.59. The summed E-state index contributed by atoms with van der Waals surface area (Å²) in [5.74, 6) is -1.39. The van der Waals surface area contributed by atoms with Crippen LogP contribution in [0, 0.1) is 5.82 Å². The number of rotatable bonds is 5. The first-order valence-corrected chi connectivity index (χ1v) is 10.1. The summed E-state index contributed by atoms with van der Waals surface area (Å²) in [5.41, 5.74) is 2.98. The highest BCUT2D eigenvalue weighted by molar-refractivity contribution is 6.39. The second kappa shape index (κ2) is 8.28. The molecule has 30 heavy (non-hydrogen) atoms. The van der Waals surface area contributed by atoms with Gasteiger partial charge in [-0.2, -0.15) is 0 Å². The molecule has 8 heteroatoms. The number of hydrogen-bond acceptors (Lipinski definition) is 4. The van der Waals surface area contributed by atoms with Gasteiger partial charge in [0.15, 0.2) is 0 Å². The van der Waals surface area contributed by atoms with E-state index in [9.17, 15) is 18.8 Å². The molecule has 4 rings (SSSR count). The Morgan fingerprint density at radius 2 is 1.87 bits per heavy atom. The van der Waals surface area contributed by atoms with Gasteiger partial charge in [-0.05, 0) is 66.4 Å². The Bertz CT molecular complexity index is 1050. The first-order chi connectivity index (χ1) is 14.5. The number of halogens is 2. The fourth-order valence-corrected chi connectivity index (χ4v) is 3.83. The molecule has 0 bridgehead atoms. The highest BCUT2D eigenvalue weighted by Crippen LogP contribution is 2.30. The maximum atomic E-state index is 13.2. The van der Waals surface area contributed by atoms with Crippen LogP contribution in [0.1, 0.15) is 17.5 Å². The van der Waals surface area contributed by atoms with Crippen LogP contribution >= 0.6 is 11.6 Å². The van der Waals surface area contributed by atoms with Gasteiger partial charge in [-0.15, -0.1) is 11.6 Å². The number of fused-ring (bicyclic) bond motifs is 1. The van der Waals surface area contributed by atoms with Gasteiger partial charge in [-0.1, -0.05) is 6.07 Å². The SMILES string of the molecule is O=C1NC(=O)N(c2ccc(F)cc2)C(=O)/C1=C/c1ccc2c(c1)CCN2CCCCl. The number of amides is 4. The van der Waals surface area contributed by atoms with Crippen LogP contribution in [0.15, 0.2) is 48.0 Å². The first kappa shape index (κ1) is 20.1. The van der Waals surface area contributed by atoms with E-state index in [1.54, 1.807) is 0 Å². The van der Waals surface area contributed by atoms with Gasteiger partial charge in [-0.25, -0.2) is 14.1 Å². The van der Waals surface area contributed by atoms with Crippen LogP contribution < -0.4 is 15.1 Å². The molecule has 0 atom stereocenters. The predicted molar refractivity (Wildman–Crippen MR) is 113 cm³/mol. The number of barbiturate groups is 1. The predicted octanol–water partition coefficient (Wildman–Crippen LogP) is 3.48. The van der Waals surface area contributed by atoms with Crippen molar-refractivity contribution in [2.75, 3.05) is 28.8 Å². The Kier molecular flexibility index (Phi) is 5.55. The van der Waals surface area contributed by atoms with Crippen LogP contribution in [0.4, 0.5) is 20.6 Å². The molecule has 1 fully saturated rings. The minimum atomic E-state index is -0.863. The Morgan fingerprint density at radius 3 is 2.60 bits per heavy atom. The monoisotopic (exact) mass is 427 g/mol. The zero-order valence-electron chi connectivity index (χ0n) is 16.0. The molecule has 1 N–H and O–H groups in total. The van der Waals surface area contributed by atoms with Crippen molar-refractivity contribution in [3.05, 3.63) is 65.0 Å². The average molecular weight is 428 g/mol. The van der Waals surface area contributed by atoms with Gasteiger partial charge in [0, 0.05) is 24.7 Å². The number of benzene rings is 2. The number of carbonyl (C=O) groups excluding carboxylic acids is 3. The Balaban J connectivity index is 1.62. The third-order valence-electron chi connectivity index (χ3n) is 5.15. The van der Waals surface area contributed by atoms with E-state index in [0.29, 0.717) is 11.4 Å². The van der Waals surface area contributed by atoms with Crippen LogP contribution in [0.3, 0.4) is 0 Å². The third-order valence-corrected chi connectivity index (χ3v) is 5.42. The number of nitrogens with zero attached hydrogens (tertiary/aromatic N) is 2. The quantitative estimate of drug-likeness (QED) is 0.450. The summed E-state index contributed by atoms with van der Waals surface area (Å²) in [5, 5.41) is 2.17. The van der Waals surface area contributed by atoms with Gasteiger partial charge >= 0.3 is 6.03 Å². The summed E-state index contributed by atoms with van der Waals surface area (Å²) in [7, 11) is 0. The highest BCUT2D eigenvalue weighted by Gasteiger charge is 2.36. The molecule has 2 aliphatic heterocycles. The summed E-state index contributed by atoms with van der Waals surface area (Å²) in [6.45, 7) is 1.78. The van der Waals surface area contributed by atoms with E-state index < -0.39 is 23.7 Å². The molecule has 0 unspecified atom stereocenters. The number of urea groups is 1. The second-order valence-corrected chi connectivity index (χ2v) is 7.48. The summed E-state index contributed by atoms with van der Waals surface area (Å²) >= 11 is 5.79. The molecule has 2 aromatic carbocycles. The maximum absolute atomic E-state index is 13.2. The molecule has 2 aromatic rings. The summed E-state index contributed by atoms with van der Waals surface area (Å²) in [4.78, 5) is 40.5. The van der Waals surface area contributed by atoms with Crippen molar-refractivity contribution in [1.82, 2.24) is 5.32 Å². The van der Waals surface area contributed by atoms with Crippen molar-refractivity contribution in [1.29, 1.82) is 0 Å². The number of nitrogens with one attached hydrogen (secondary N) is 1. The van der Waals surface area contributed by atoms with E-state index in [2.05, 4.69) is 10.2 Å². The molecule has 4 amide bonds. The van der Waals surface area contributed by atoms with E-state index in [1.807, 2.05) is 18.2 Å². The Hall–Kier alpha value is -3.19. The van der Waals surface area contributed by atoms with E-state index in [0.717, 1.165) is 54.2 Å². The molecule has 0 aromatic heterocycles. The second-order valence-electron chi connectivity index (χ2n) is 7.10. The molecule has 0 radical (unpaired) electrons. The molecule has 0 saturated carbocycles. The van der Waals surface area contributed by atoms with Crippen molar-refractivity contribution >= 4 is 46.9 Å².